The van der Waals surface area contributed by atoms with Crippen molar-refractivity contribution < 1.29 is 13.2 Å². The Bertz CT molecular complexity index is 676. The number of carbonyl (C=O) groups excluding carboxylic acids is 1. The zero-order valence-electron chi connectivity index (χ0n) is 14.1. The van der Waals surface area contributed by atoms with Gasteiger partial charge >= 0.3 is 0 Å². The first kappa shape index (κ1) is 17.4. The number of carbonyl (C=O) groups is 1. The van der Waals surface area contributed by atoms with E-state index in [1.165, 1.54) is 23.3 Å². The highest BCUT2D eigenvalue weighted by Gasteiger charge is 2.36. The second kappa shape index (κ2) is 6.80. The van der Waals surface area contributed by atoms with Gasteiger partial charge in [0, 0.05) is 36.9 Å². The van der Waals surface area contributed by atoms with Gasteiger partial charge in [0.25, 0.3) is 0 Å². The van der Waals surface area contributed by atoms with Crippen molar-refractivity contribution in [2.45, 2.75) is 55.9 Å². The zero-order valence-corrected chi connectivity index (χ0v) is 14.9. The first-order chi connectivity index (χ1) is 11.4. The summed E-state index contributed by atoms with van der Waals surface area (Å²) in [6, 6.07) is 3.18. The molecule has 2 fully saturated rings. The highest BCUT2D eigenvalue weighted by Crippen LogP contribution is 2.30. The third-order valence-corrected chi connectivity index (χ3v) is 7.11. The van der Waals surface area contributed by atoms with Crippen molar-refractivity contribution in [2.24, 2.45) is 5.92 Å². The van der Waals surface area contributed by atoms with Crippen LogP contribution in [0.4, 0.5) is 0 Å². The Labute approximate surface area is 143 Å². The van der Waals surface area contributed by atoms with Gasteiger partial charge < -0.3 is 5.32 Å². The summed E-state index contributed by atoms with van der Waals surface area (Å²) in [5.41, 5.74) is -0.0734. The summed E-state index contributed by atoms with van der Waals surface area (Å²) in [5, 5.41) is 3.19. The van der Waals surface area contributed by atoms with E-state index in [1.807, 2.05) is 0 Å². The van der Waals surface area contributed by atoms with Crippen LogP contribution in [0.25, 0.3) is 0 Å². The first-order valence-electron chi connectivity index (χ1n) is 8.63. The van der Waals surface area contributed by atoms with Crippen molar-refractivity contribution in [1.82, 2.24) is 14.6 Å². The molecule has 24 heavy (non-hydrogen) atoms. The average Bonchev–Trinajstić information content (AvgIpc) is 3.02. The summed E-state index contributed by atoms with van der Waals surface area (Å²) in [5.74, 6) is -0.0133. The number of hydrogen-bond acceptors (Lipinski definition) is 4. The molecule has 1 saturated carbocycles. The van der Waals surface area contributed by atoms with Crippen LogP contribution in [0.2, 0.25) is 0 Å². The average molecular weight is 351 g/mol. The van der Waals surface area contributed by atoms with Gasteiger partial charge in [0.2, 0.25) is 15.9 Å². The largest absolute Gasteiger partial charge is 0.351 e. The minimum atomic E-state index is -3.51. The van der Waals surface area contributed by atoms with Crippen LogP contribution in [0, 0.1) is 5.92 Å². The first-order valence-corrected chi connectivity index (χ1v) is 10.1. The van der Waals surface area contributed by atoms with Crippen molar-refractivity contribution in [3.8, 4) is 0 Å². The zero-order chi connectivity index (χ0) is 17.2. The lowest BCUT2D eigenvalue weighted by Gasteiger charge is -2.33. The lowest BCUT2D eigenvalue weighted by molar-refractivity contribution is -0.127. The van der Waals surface area contributed by atoms with Crippen LogP contribution in [0.1, 0.15) is 45.4 Å². The molecule has 3 rings (SSSR count). The van der Waals surface area contributed by atoms with E-state index in [2.05, 4.69) is 17.2 Å². The molecule has 0 bridgehead atoms. The highest BCUT2D eigenvalue weighted by atomic mass is 32.2. The maximum absolute atomic E-state index is 12.6. The summed E-state index contributed by atoms with van der Waals surface area (Å²) in [6.45, 7) is 2.87. The predicted molar refractivity (Wildman–Crippen MR) is 90.7 cm³/mol. The monoisotopic (exact) mass is 351 g/mol. The standard InChI is InChI=1S/C17H25N3O3S/c1-17(8-2-3-9-17)19-16(21)14-6-11-20(12-7-14)24(22,23)15-5-4-10-18-13-15/h4-5,10,13-14H,2-3,6-9,11-12H2,1H3,(H,19,21). The molecule has 1 amide bonds. The van der Waals surface area contributed by atoms with Crippen molar-refractivity contribution in [3.63, 3.8) is 0 Å². The Kier molecular flexibility index (Phi) is 4.92. The molecule has 0 spiro atoms. The molecule has 1 aliphatic carbocycles. The number of pyridine rings is 1. The van der Waals surface area contributed by atoms with Gasteiger partial charge in [-0.25, -0.2) is 8.42 Å². The molecule has 7 heteroatoms. The molecule has 0 aromatic carbocycles. The fraction of sp³-hybridized carbons (Fsp3) is 0.647. The van der Waals surface area contributed by atoms with E-state index in [9.17, 15) is 13.2 Å². The quantitative estimate of drug-likeness (QED) is 0.899. The van der Waals surface area contributed by atoms with Crippen LogP contribution in [0.5, 0.6) is 0 Å². The van der Waals surface area contributed by atoms with Crippen LogP contribution >= 0.6 is 0 Å². The minimum Gasteiger partial charge on any atom is -0.351 e. The third-order valence-electron chi connectivity index (χ3n) is 5.23. The van der Waals surface area contributed by atoms with Gasteiger partial charge in [-0.3, -0.25) is 9.78 Å². The molecule has 1 saturated heterocycles. The Morgan fingerprint density at radius 3 is 2.54 bits per heavy atom. The lowest BCUT2D eigenvalue weighted by Crippen LogP contribution is -2.49. The Balaban J connectivity index is 1.58. The van der Waals surface area contributed by atoms with Crippen molar-refractivity contribution in [2.75, 3.05) is 13.1 Å². The van der Waals surface area contributed by atoms with Gasteiger partial charge in [-0.15, -0.1) is 0 Å². The summed E-state index contributed by atoms with van der Waals surface area (Å²) in [6.07, 6.45) is 8.47. The minimum absolute atomic E-state index is 0.0734. The van der Waals surface area contributed by atoms with Crippen molar-refractivity contribution in [3.05, 3.63) is 24.5 Å². The van der Waals surface area contributed by atoms with E-state index in [1.54, 1.807) is 18.3 Å². The maximum atomic E-state index is 12.6. The Morgan fingerprint density at radius 2 is 1.96 bits per heavy atom. The molecule has 0 atom stereocenters. The number of amides is 1. The van der Waals surface area contributed by atoms with Gasteiger partial charge in [-0.1, -0.05) is 12.8 Å². The third kappa shape index (κ3) is 3.62. The van der Waals surface area contributed by atoms with E-state index >= 15 is 0 Å². The topological polar surface area (TPSA) is 79.4 Å². The lowest BCUT2D eigenvalue weighted by atomic mass is 9.94. The molecule has 1 aromatic heterocycles. The Hall–Kier alpha value is -1.47. The number of hydrogen-bond donors (Lipinski definition) is 1. The predicted octanol–water partition coefficient (Wildman–Crippen LogP) is 1.93. The number of rotatable bonds is 4. The van der Waals surface area contributed by atoms with Crippen molar-refractivity contribution >= 4 is 15.9 Å². The molecule has 1 aliphatic heterocycles. The summed E-state index contributed by atoms with van der Waals surface area (Å²) >= 11 is 0. The van der Waals surface area contributed by atoms with Gasteiger partial charge in [0.1, 0.15) is 4.90 Å². The second-order valence-corrected chi connectivity index (χ2v) is 9.06. The summed E-state index contributed by atoms with van der Waals surface area (Å²) in [4.78, 5) is 16.6. The molecule has 2 heterocycles. The molecule has 1 N–H and O–H groups in total. The molecular weight excluding hydrogens is 326 g/mol. The fourth-order valence-electron chi connectivity index (χ4n) is 3.69. The van der Waals surface area contributed by atoms with Crippen LogP contribution in [0.3, 0.4) is 0 Å². The number of piperidine rings is 1. The summed E-state index contributed by atoms with van der Waals surface area (Å²) in [7, 11) is -3.51. The number of nitrogens with one attached hydrogen (secondary N) is 1. The van der Waals surface area contributed by atoms with E-state index in [0.717, 1.165) is 12.8 Å². The fourth-order valence-corrected chi connectivity index (χ4v) is 5.12. The van der Waals surface area contributed by atoms with E-state index < -0.39 is 10.0 Å². The number of aromatic nitrogens is 1. The smallest absolute Gasteiger partial charge is 0.244 e. The van der Waals surface area contributed by atoms with Gasteiger partial charge in [0.15, 0.2) is 0 Å². The van der Waals surface area contributed by atoms with E-state index in [-0.39, 0.29) is 22.3 Å². The molecule has 2 aliphatic rings. The second-order valence-electron chi connectivity index (χ2n) is 7.12. The molecular formula is C17H25N3O3S. The molecule has 1 aromatic rings. The maximum Gasteiger partial charge on any atom is 0.244 e. The van der Waals surface area contributed by atoms with Gasteiger partial charge in [-0.2, -0.15) is 4.31 Å². The Morgan fingerprint density at radius 1 is 1.29 bits per heavy atom. The highest BCUT2D eigenvalue weighted by molar-refractivity contribution is 7.89. The van der Waals surface area contributed by atoms with Crippen LogP contribution in [-0.4, -0.2) is 42.2 Å². The SMILES string of the molecule is CC1(NC(=O)C2CCN(S(=O)(=O)c3cccnc3)CC2)CCCC1. The summed E-state index contributed by atoms with van der Waals surface area (Å²) < 4.78 is 26.6. The molecule has 6 nitrogen and oxygen atoms in total. The number of sulfonamides is 1. The van der Waals surface area contributed by atoms with Crippen LogP contribution < -0.4 is 5.32 Å². The van der Waals surface area contributed by atoms with Crippen LogP contribution in [0.15, 0.2) is 29.4 Å². The normalized spacial score (nSPS) is 22.4. The van der Waals surface area contributed by atoms with Crippen molar-refractivity contribution in [1.29, 1.82) is 0 Å². The molecule has 0 radical (unpaired) electrons. The van der Waals surface area contributed by atoms with E-state index in [4.69, 9.17) is 0 Å². The van der Waals surface area contributed by atoms with Gasteiger partial charge in [-0.05, 0) is 44.7 Å². The number of nitrogens with zero attached hydrogens (tertiary/aromatic N) is 2. The van der Waals surface area contributed by atoms with Crippen LogP contribution in [-0.2, 0) is 14.8 Å². The van der Waals surface area contributed by atoms with Gasteiger partial charge in [0.05, 0.1) is 0 Å². The molecule has 0 unspecified atom stereocenters. The molecule has 132 valence electrons. The van der Waals surface area contributed by atoms with E-state index in [0.29, 0.717) is 25.9 Å².